The fourth-order valence-electron chi connectivity index (χ4n) is 0.604. The van der Waals surface area contributed by atoms with E-state index in [2.05, 4.69) is 19.7 Å². The normalized spacial score (nSPS) is 9.42. The number of nitrogens with two attached hydrogens (primary N) is 1. The molecule has 3 N–H and O–H groups in total. The van der Waals surface area contributed by atoms with E-state index in [1.54, 1.807) is 6.92 Å². The number of anilines is 1. The summed E-state index contributed by atoms with van der Waals surface area (Å²) in [7, 11) is 0. The molecule has 0 bridgehead atoms. The van der Waals surface area contributed by atoms with Crippen molar-refractivity contribution >= 4 is 12.0 Å². The number of nitrogen functional groups attached to an aromatic ring is 1. The van der Waals surface area contributed by atoms with E-state index in [0.29, 0.717) is 0 Å². The second-order valence-corrected chi connectivity index (χ2v) is 1.93. The topological polar surface area (TPSA) is 90.2 Å². The van der Waals surface area contributed by atoms with Gasteiger partial charge < -0.3 is 15.2 Å². The van der Waals surface area contributed by atoms with Crippen molar-refractivity contribution in [3.05, 3.63) is 6.20 Å². The Kier molecular flexibility index (Phi) is 2.52. The van der Waals surface area contributed by atoms with Crippen LogP contribution in [0.4, 0.5) is 10.6 Å². The fraction of sp³-hybridized carbons (Fsp3) is 0.333. The quantitative estimate of drug-likeness (QED) is 0.633. The maximum Gasteiger partial charge on any atom is 0.514 e. The number of ether oxygens (including phenoxy) is 2. The van der Waals surface area contributed by atoms with Crippen LogP contribution in [0.15, 0.2) is 6.20 Å². The van der Waals surface area contributed by atoms with E-state index in [0.717, 1.165) is 0 Å². The van der Waals surface area contributed by atoms with Gasteiger partial charge in [0.15, 0.2) is 11.6 Å². The summed E-state index contributed by atoms with van der Waals surface area (Å²) in [5.41, 5.74) is 5.33. The van der Waals surface area contributed by atoms with Gasteiger partial charge in [-0.1, -0.05) is 0 Å². The lowest BCUT2D eigenvalue weighted by Gasteiger charge is -2.00. The van der Waals surface area contributed by atoms with E-state index in [9.17, 15) is 4.79 Å². The van der Waals surface area contributed by atoms with Crippen molar-refractivity contribution in [2.45, 2.75) is 6.92 Å². The van der Waals surface area contributed by atoms with Gasteiger partial charge in [0.1, 0.15) is 0 Å². The number of nitrogens with zero attached hydrogens (tertiary/aromatic N) is 1. The van der Waals surface area contributed by atoms with E-state index in [1.807, 2.05) is 0 Å². The highest BCUT2D eigenvalue weighted by molar-refractivity contribution is 5.66. The van der Waals surface area contributed by atoms with Crippen LogP contribution in [-0.4, -0.2) is 23.0 Å². The summed E-state index contributed by atoms with van der Waals surface area (Å²) in [6.07, 6.45) is 0.511. The fourth-order valence-corrected chi connectivity index (χ4v) is 0.604. The first-order valence-corrected chi connectivity index (χ1v) is 3.37. The molecule has 66 valence electrons. The lowest BCUT2D eigenvalue weighted by atomic mass is 10.6. The molecular weight excluding hydrogens is 162 g/mol. The number of aromatic amines is 1. The van der Waals surface area contributed by atoms with Crippen LogP contribution in [0.2, 0.25) is 0 Å². The molecule has 0 aliphatic rings. The molecule has 0 saturated heterocycles. The summed E-state index contributed by atoms with van der Waals surface area (Å²) in [6, 6.07) is 0. The lowest BCUT2D eigenvalue weighted by Crippen LogP contribution is -2.10. The summed E-state index contributed by atoms with van der Waals surface area (Å²) >= 11 is 0. The number of hydrogen-bond donors (Lipinski definition) is 2. The molecule has 6 nitrogen and oxygen atoms in total. The third-order valence-electron chi connectivity index (χ3n) is 1.09. The Balaban J connectivity index is 2.52. The van der Waals surface area contributed by atoms with Crippen molar-refractivity contribution in [2.75, 3.05) is 12.3 Å². The van der Waals surface area contributed by atoms with Crippen molar-refractivity contribution < 1.29 is 14.3 Å². The van der Waals surface area contributed by atoms with E-state index >= 15 is 0 Å². The molecule has 0 unspecified atom stereocenters. The van der Waals surface area contributed by atoms with Gasteiger partial charge >= 0.3 is 6.16 Å². The van der Waals surface area contributed by atoms with Crippen LogP contribution in [0.25, 0.3) is 0 Å². The number of carbonyl (C=O) groups is 1. The third kappa shape index (κ3) is 1.88. The minimum atomic E-state index is -0.786. The Morgan fingerprint density at radius 1 is 1.83 bits per heavy atom. The van der Waals surface area contributed by atoms with Gasteiger partial charge in [0.05, 0.1) is 12.8 Å². The Labute approximate surface area is 68.7 Å². The van der Waals surface area contributed by atoms with Gasteiger partial charge in [0.2, 0.25) is 0 Å². The van der Waals surface area contributed by atoms with Crippen molar-refractivity contribution in [1.29, 1.82) is 0 Å². The van der Waals surface area contributed by atoms with Crippen LogP contribution in [0, 0.1) is 0 Å². The maximum absolute atomic E-state index is 10.7. The van der Waals surface area contributed by atoms with Crippen molar-refractivity contribution in [1.82, 2.24) is 10.2 Å². The van der Waals surface area contributed by atoms with E-state index in [-0.39, 0.29) is 18.2 Å². The predicted molar refractivity (Wildman–Crippen MR) is 40.7 cm³/mol. The molecule has 0 atom stereocenters. The molecule has 0 aliphatic carbocycles. The molecule has 1 heterocycles. The van der Waals surface area contributed by atoms with Crippen LogP contribution in [0.5, 0.6) is 5.75 Å². The third-order valence-corrected chi connectivity index (χ3v) is 1.09. The lowest BCUT2D eigenvalue weighted by molar-refractivity contribution is 0.104. The highest BCUT2D eigenvalue weighted by atomic mass is 16.7. The largest absolute Gasteiger partial charge is 0.514 e. The average Bonchev–Trinajstić information content (AvgIpc) is 2.37. The Morgan fingerprint density at radius 2 is 2.58 bits per heavy atom. The monoisotopic (exact) mass is 171 g/mol. The highest BCUT2D eigenvalue weighted by Crippen LogP contribution is 2.16. The average molecular weight is 171 g/mol. The molecular formula is C6H9N3O3. The van der Waals surface area contributed by atoms with Gasteiger partial charge in [-0.25, -0.2) is 4.79 Å². The van der Waals surface area contributed by atoms with Gasteiger partial charge in [-0.3, -0.25) is 5.10 Å². The summed E-state index contributed by atoms with van der Waals surface area (Å²) in [4.78, 5) is 10.7. The van der Waals surface area contributed by atoms with Crippen LogP contribution >= 0.6 is 0 Å². The maximum atomic E-state index is 10.7. The standard InChI is InChI=1S/C6H9N3O3/c1-2-11-6(10)12-4-3-8-9-5(4)7/h3H,2H2,1H3,(H3,7,8,9). The summed E-state index contributed by atoms with van der Waals surface area (Å²) in [5, 5.41) is 5.96. The van der Waals surface area contributed by atoms with Crippen LogP contribution in [-0.2, 0) is 4.74 Å². The van der Waals surface area contributed by atoms with E-state index in [1.165, 1.54) is 6.20 Å². The van der Waals surface area contributed by atoms with Crippen LogP contribution < -0.4 is 10.5 Å². The number of nitrogens with one attached hydrogen (secondary N) is 1. The Morgan fingerprint density at radius 3 is 3.08 bits per heavy atom. The van der Waals surface area contributed by atoms with E-state index < -0.39 is 6.16 Å². The molecule has 0 amide bonds. The first kappa shape index (κ1) is 8.38. The molecule has 0 aromatic carbocycles. The number of aromatic nitrogens is 2. The molecule has 0 saturated carbocycles. The molecule has 0 spiro atoms. The van der Waals surface area contributed by atoms with Gasteiger partial charge in [0.25, 0.3) is 0 Å². The van der Waals surface area contributed by atoms with Crippen molar-refractivity contribution in [2.24, 2.45) is 0 Å². The zero-order valence-corrected chi connectivity index (χ0v) is 6.53. The first-order chi connectivity index (χ1) is 5.74. The zero-order chi connectivity index (χ0) is 8.97. The summed E-state index contributed by atoms with van der Waals surface area (Å²) in [6.45, 7) is 1.94. The minimum absolute atomic E-state index is 0.174. The number of H-pyrrole nitrogens is 1. The second kappa shape index (κ2) is 3.61. The van der Waals surface area contributed by atoms with Gasteiger partial charge in [-0.05, 0) is 6.92 Å². The molecule has 1 aromatic heterocycles. The SMILES string of the molecule is CCOC(=O)Oc1cn[nH]c1N. The highest BCUT2D eigenvalue weighted by Gasteiger charge is 2.08. The second-order valence-electron chi connectivity index (χ2n) is 1.93. The molecule has 12 heavy (non-hydrogen) atoms. The number of carbonyl (C=O) groups excluding carboxylic acids is 1. The molecule has 6 heteroatoms. The van der Waals surface area contributed by atoms with Crippen LogP contribution in [0.3, 0.4) is 0 Å². The molecule has 0 fully saturated rings. The van der Waals surface area contributed by atoms with Gasteiger partial charge in [-0.2, -0.15) is 5.10 Å². The number of hydrogen-bond acceptors (Lipinski definition) is 5. The molecule has 0 aliphatic heterocycles. The van der Waals surface area contributed by atoms with Gasteiger partial charge in [-0.15, -0.1) is 0 Å². The van der Waals surface area contributed by atoms with Crippen molar-refractivity contribution in [3.8, 4) is 5.75 Å². The molecule has 1 aromatic rings. The summed E-state index contributed by atoms with van der Waals surface area (Å²) < 4.78 is 9.16. The van der Waals surface area contributed by atoms with Crippen molar-refractivity contribution in [3.63, 3.8) is 0 Å². The first-order valence-electron chi connectivity index (χ1n) is 3.37. The Bertz CT molecular complexity index is 271. The Hall–Kier alpha value is -1.72. The van der Waals surface area contributed by atoms with E-state index in [4.69, 9.17) is 5.73 Å². The smallest absolute Gasteiger partial charge is 0.434 e. The number of rotatable bonds is 2. The molecule has 0 radical (unpaired) electrons. The minimum Gasteiger partial charge on any atom is -0.434 e. The van der Waals surface area contributed by atoms with Gasteiger partial charge in [0, 0.05) is 0 Å². The summed E-state index contributed by atoms with van der Waals surface area (Å²) in [5.74, 6) is 0.372. The van der Waals surface area contributed by atoms with Crippen LogP contribution in [0.1, 0.15) is 6.92 Å². The zero-order valence-electron chi connectivity index (χ0n) is 6.53. The molecule has 1 rings (SSSR count). The predicted octanol–water partition coefficient (Wildman–Crippen LogP) is 0.527.